The van der Waals surface area contributed by atoms with Crippen LogP contribution in [-0.4, -0.2) is 33.2 Å². The van der Waals surface area contributed by atoms with Gasteiger partial charge in [0.05, 0.1) is 17.9 Å². The SMILES string of the molecule is CC(C)c1cc2n(n1)C[C@](C)(C(=O)NC1CCCCCCC1)N(c1ccc(F)cc1F)C2=O. The molecule has 1 N–H and O–H groups in total. The molecule has 0 spiro atoms. The van der Waals surface area contributed by atoms with Crippen LogP contribution >= 0.6 is 0 Å². The maximum atomic E-state index is 14.9. The van der Waals surface area contributed by atoms with E-state index >= 15 is 0 Å². The van der Waals surface area contributed by atoms with Crippen LogP contribution in [0.4, 0.5) is 14.5 Å². The van der Waals surface area contributed by atoms with E-state index in [0.29, 0.717) is 5.69 Å². The number of aromatic nitrogens is 2. The second-order valence-electron chi connectivity index (χ2n) is 9.79. The van der Waals surface area contributed by atoms with Crippen LogP contribution in [0.1, 0.15) is 87.8 Å². The number of anilines is 1. The molecule has 2 aliphatic rings. The fourth-order valence-corrected chi connectivity index (χ4v) is 4.87. The Bertz CT molecular complexity index is 1040. The smallest absolute Gasteiger partial charge is 0.277 e. The van der Waals surface area contributed by atoms with Crippen molar-refractivity contribution in [3.05, 3.63) is 47.3 Å². The molecule has 1 atom stereocenters. The van der Waals surface area contributed by atoms with Gasteiger partial charge in [-0.15, -0.1) is 0 Å². The Hall–Kier alpha value is -2.77. The molecular weight excluding hydrogens is 426 g/mol. The number of fused-ring (bicyclic) bond motifs is 1. The minimum absolute atomic E-state index is 0.00915. The number of carbonyl (C=O) groups is 2. The minimum Gasteiger partial charge on any atom is -0.351 e. The molecule has 8 heteroatoms. The van der Waals surface area contributed by atoms with Crippen LogP contribution in [-0.2, 0) is 11.3 Å². The van der Waals surface area contributed by atoms with E-state index in [1.54, 1.807) is 17.7 Å². The molecule has 0 saturated heterocycles. The van der Waals surface area contributed by atoms with Crippen molar-refractivity contribution in [2.45, 2.75) is 89.8 Å². The molecule has 4 rings (SSSR count). The topological polar surface area (TPSA) is 67.2 Å². The molecule has 1 saturated carbocycles. The highest BCUT2D eigenvalue weighted by molar-refractivity contribution is 6.11. The van der Waals surface area contributed by atoms with Gasteiger partial charge in [-0.2, -0.15) is 5.10 Å². The van der Waals surface area contributed by atoms with Gasteiger partial charge in [0.25, 0.3) is 5.91 Å². The molecule has 0 bridgehead atoms. The van der Waals surface area contributed by atoms with Crippen LogP contribution in [0.2, 0.25) is 0 Å². The second-order valence-corrected chi connectivity index (χ2v) is 9.79. The number of benzene rings is 1. The summed E-state index contributed by atoms with van der Waals surface area (Å²) >= 11 is 0. The van der Waals surface area contributed by atoms with Gasteiger partial charge in [0.1, 0.15) is 22.9 Å². The van der Waals surface area contributed by atoms with Crippen LogP contribution < -0.4 is 10.2 Å². The van der Waals surface area contributed by atoms with Gasteiger partial charge in [-0.05, 0) is 43.9 Å². The van der Waals surface area contributed by atoms with E-state index in [2.05, 4.69) is 10.4 Å². The van der Waals surface area contributed by atoms with Crippen molar-refractivity contribution in [1.29, 1.82) is 0 Å². The fraction of sp³-hybridized carbons (Fsp3) is 0.560. The third-order valence-electron chi connectivity index (χ3n) is 6.84. The summed E-state index contributed by atoms with van der Waals surface area (Å²) in [6.07, 6.45) is 7.34. The zero-order valence-corrected chi connectivity index (χ0v) is 19.5. The lowest BCUT2D eigenvalue weighted by Crippen LogP contribution is -2.65. The first-order chi connectivity index (χ1) is 15.7. The van der Waals surface area contributed by atoms with Gasteiger partial charge < -0.3 is 5.32 Å². The molecule has 6 nitrogen and oxygen atoms in total. The summed E-state index contributed by atoms with van der Waals surface area (Å²) in [4.78, 5) is 28.5. The Morgan fingerprint density at radius 2 is 1.79 bits per heavy atom. The van der Waals surface area contributed by atoms with Crippen LogP contribution in [0.15, 0.2) is 24.3 Å². The molecule has 0 radical (unpaired) electrons. The third kappa shape index (κ3) is 4.52. The Balaban J connectivity index is 1.74. The van der Waals surface area contributed by atoms with Gasteiger partial charge in [0, 0.05) is 12.1 Å². The monoisotopic (exact) mass is 458 g/mol. The average molecular weight is 459 g/mol. The molecule has 178 valence electrons. The Labute approximate surface area is 193 Å². The number of rotatable bonds is 4. The molecule has 2 aromatic rings. The molecular formula is C25H32F2N4O2. The third-order valence-corrected chi connectivity index (χ3v) is 6.84. The van der Waals surface area contributed by atoms with E-state index in [4.69, 9.17) is 0 Å². The van der Waals surface area contributed by atoms with Gasteiger partial charge in [-0.3, -0.25) is 19.2 Å². The molecule has 2 heterocycles. The summed E-state index contributed by atoms with van der Waals surface area (Å²) in [7, 11) is 0. The van der Waals surface area contributed by atoms with Crippen LogP contribution in [0.3, 0.4) is 0 Å². The molecule has 33 heavy (non-hydrogen) atoms. The van der Waals surface area contributed by atoms with Crippen molar-refractivity contribution in [1.82, 2.24) is 15.1 Å². The lowest BCUT2D eigenvalue weighted by molar-refractivity contribution is -0.127. The number of hydrogen-bond donors (Lipinski definition) is 1. The maximum absolute atomic E-state index is 14.9. The first kappa shape index (κ1) is 23.4. The summed E-state index contributed by atoms with van der Waals surface area (Å²) in [6.45, 7) is 5.65. The quantitative estimate of drug-likeness (QED) is 0.706. The van der Waals surface area contributed by atoms with Gasteiger partial charge in [0.15, 0.2) is 0 Å². The summed E-state index contributed by atoms with van der Waals surface area (Å²) in [5.41, 5.74) is -0.526. The van der Waals surface area contributed by atoms with Gasteiger partial charge in [-0.25, -0.2) is 8.78 Å². The molecule has 2 amide bonds. The van der Waals surface area contributed by atoms with E-state index in [1.807, 2.05) is 13.8 Å². The Morgan fingerprint density at radius 1 is 1.12 bits per heavy atom. The first-order valence-corrected chi connectivity index (χ1v) is 11.9. The van der Waals surface area contributed by atoms with Crippen LogP contribution in [0.5, 0.6) is 0 Å². The highest BCUT2D eigenvalue weighted by Crippen LogP contribution is 2.35. The molecule has 1 aliphatic carbocycles. The lowest BCUT2D eigenvalue weighted by Gasteiger charge is -2.43. The highest BCUT2D eigenvalue weighted by Gasteiger charge is 2.50. The minimum atomic E-state index is -1.43. The van der Waals surface area contributed by atoms with E-state index in [-0.39, 0.29) is 30.1 Å². The Morgan fingerprint density at radius 3 is 2.42 bits per heavy atom. The lowest BCUT2D eigenvalue weighted by atomic mass is 9.91. The van der Waals surface area contributed by atoms with Crippen molar-refractivity contribution in [2.24, 2.45) is 0 Å². The molecule has 1 aromatic carbocycles. The molecule has 0 unspecified atom stereocenters. The Kier molecular flexibility index (Phi) is 6.54. The van der Waals surface area contributed by atoms with Crippen molar-refractivity contribution < 1.29 is 18.4 Å². The van der Waals surface area contributed by atoms with E-state index in [1.165, 1.54) is 17.4 Å². The largest absolute Gasteiger partial charge is 0.351 e. The normalized spacial score (nSPS) is 22.1. The molecule has 1 aliphatic heterocycles. The second kappa shape index (κ2) is 9.23. The zero-order valence-electron chi connectivity index (χ0n) is 19.5. The van der Waals surface area contributed by atoms with Crippen molar-refractivity contribution in [2.75, 3.05) is 4.90 Å². The maximum Gasteiger partial charge on any atom is 0.277 e. The van der Waals surface area contributed by atoms with Crippen molar-refractivity contribution >= 4 is 17.5 Å². The fourth-order valence-electron chi connectivity index (χ4n) is 4.87. The number of nitrogens with one attached hydrogen (secondary N) is 1. The number of nitrogens with zero attached hydrogens (tertiary/aromatic N) is 3. The molecule has 1 fully saturated rings. The number of amides is 2. The van der Waals surface area contributed by atoms with Crippen molar-refractivity contribution in [3.8, 4) is 0 Å². The zero-order chi connectivity index (χ0) is 23.8. The number of halogens is 2. The molecule has 1 aromatic heterocycles. The van der Waals surface area contributed by atoms with Crippen LogP contribution in [0.25, 0.3) is 0 Å². The number of carbonyl (C=O) groups excluding carboxylic acids is 2. The van der Waals surface area contributed by atoms with Crippen LogP contribution in [0, 0.1) is 11.6 Å². The first-order valence-electron chi connectivity index (χ1n) is 11.9. The van der Waals surface area contributed by atoms with E-state index in [9.17, 15) is 18.4 Å². The standard InChI is InChI=1S/C25H32F2N4O2/c1-16(2)20-14-22-23(32)31(21-12-11-17(26)13-19(21)27)25(3,15-30(22)29-20)24(33)28-18-9-7-5-4-6-8-10-18/h11-14,16,18H,4-10,15H2,1-3H3,(H,28,33)/t25-/m1/s1. The predicted octanol–water partition coefficient (Wildman–Crippen LogP) is 4.93. The summed E-state index contributed by atoms with van der Waals surface area (Å²) < 4.78 is 30.1. The average Bonchev–Trinajstić information content (AvgIpc) is 3.15. The van der Waals surface area contributed by atoms with Gasteiger partial charge in [0.2, 0.25) is 5.91 Å². The summed E-state index contributed by atoms with van der Waals surface area (Å²) in [6, 6.07) is 4.76. The van der Waals surface area contributed by atoms with Gasteiger partial charge >= 0.3 is 0 Å². The van der Waals surface area contributed by atoms with Crippen molar-refractivity contribution in [3.63, 3.8) is 0 Å². The van der Waals surface area contributed by atoms with E-state index in [0.717, 1.165) is 56.4 Å². The van der Waals surface area contributed by atoms with E-state index < -0.39 is 23.1 Å². The number of hydrogen-bond acceptors (Lipinski definition) is 3. The predicted molar refractivity (Wildman–Crippen MR) is 122 cm³/mol. The summed E-state index contributed by atoms with van der Waals surface area (Å²) in [5.74, 6) is -2.42. The highest BCUT2D eigenvalue weighted by atomic mass is 19.1. The summed E-state index contributed by atoms with van der Waals surface area (Å²) in [5, 5.41) is 7.69. The van der Waals surface area contributed by atoms with Gasteiger partial charge in [-0.1, -0.05) is 46.0 Å².